The Morgan fingerprint density at radius 3 is 2.15 bits per heavy atom. The number of carbonyl (C=O) groups excluding carboxylic acids is 1. The van der Waals surface area contributed by atoms with Crippen molar-refractivity contribution in [3.8, 4) is 6.07 Å². The van der Waals surface area contributed by atoms with Crippen molar-refractivity contribution in [3.63, 3.8) is 0 Å². The average Bonchev–Trinajstić information content (AvgIpc) is 3.71. The summed E-state index contributed by atoms with van der Waals surface area (Å²) in [5, 5.41) is 20.1. The van der Waals surface area contributed by atoms with E-state index in [-0.39, 0.29) is 6.42 Å². The summed E-state index contributed by atoms with van der Waals surface area (Å²) in [6, 6.07) is 1.58. The SMILES string of the molecule is CCCC(F)(F)C[C@H](N)C(=O)NC1(C#N)CC1.O=C(O)N1CCC2(CC1)CCN(C1CC1)CC2. The highest BCUT2D eigenvalue weighted by Gasteiger charge is 2.46. The first kappa shape index (κ1) is 26.6. The molecule has 2 saturated carbocycles. The lowest BCUT2D eigenvalue weighted by Crippen LogP contribution is -2.48. The fraction of sp³-hybridized carbons (Fsp3) is 0.875. The first-order valence-electron chi connectivity index (χ1n) is 12.6. The third kappa shape index (κ3) is 7.25. The van der Waals surface area contributed by atoms with Gasteiger partial charge in [0.2, 0.25) is 11.8 Å². The van der Waals surface area contributed by atoms with Crippen LogP contribution in [0.1, 0.15) is 77.6 Å². The van der Waals surface area contributed by atoms with Crippen molar-refractivity contribution in [1.29, 1.82) is 5.26 Å². The molecule has 4 fully saturated rings. The number of nitrogens with one attached hydrogen (secondary N) is 1. The summed E-state index contributed by atoms with van der Waals surface area (Å²) in [5.74, 6) is -3.59. The number of alkyl halides is 2. The summed E-state index contributed by atoms with van der Waals surface area (Å²) < 4.78 is 26.5. The van der Waals surface area contributed by atoms with E-state index in [2.05, 4.69) is 10.2 Å². The van der Waals surface area contributed by atoms with Gasteiger partial charge in [0.25, 0.3) is 0 Å². The zero-order chi connectivity index (χ0) is 25.0. The minimum absolute atomic E-state index is 0.280. The fourth-order valence-electron chi connectivity index (χ4n) is 5.08. The van der Waals surface area contributed by atoms with Crippen LogP contribution in [0.15, 0.2) is 0 Å². The molecule has 4 N–H and O–H groups in total. The lowest BCUT2D eigenvalue weighted by Gasteiger charge is -2.46. The van der Waals surface area contributed by atoms with Gasteiger partial charge in [0.15, 0.2) is 0 Å². The van der Waals surface area contributed by atoms with E-state index in [4.69, 9.17) is 16.1 Å². The standard InChI is InChI=1S/C13H22N2O2.C11H17F2N3O/c16-12(17)15-9-5-13(6-10-15)3-7-14(8-4-13)11-1-2-11;1-2-3-11(12,13)6-8(15)9(17)16-10(7-14)4-5-10/h11H,1-10H2,(H,16,17);8H,2-6,15H2,1H3,(H,16,17)/t;8-/m.0/s1. The molecule has 0 aromatic rings. The van der Waals surface area contributed by atoms with Crippen molar-refractivity contribution >= 4 is 12.0 Å². The van der Waals surface area contributed by atoms with Gasteiger partial charge in [-0.1, -0.05) is 13.3 Å². The normalized spacial score (nSPS) is 24.4. The first-order valence-corrected chi connectivity index (χ1v) is 12.6. The van der Waals surface area contributed by atoms with Gasteiger partial charge in [-0.05, 0) is 69.9 Å². The molecule has 1 spiro atoms. The monoisotopic (exact) mass is 483 g/mol. The maximum atomic E-state index is 13.2. The van der Waals surface area contributed by atoms with Crippen molar-refractivity contribution in [1.82, 2.24) is 15.1 Å². The first-order chi connectivity index (χ1) is 16.0. The van der Waals surface area contributed by atoms with Gasteiger partial charge in [-0.25, -0.2) is 13.6 Å². The van der Waals surface area contributed by atoms with E-state index in [0.717, 1.165) is 32.0 Å². The number of piperidine rings is 2. The molecule has 2 amide bonds. The second kappa shape index (κ2) is 10.7. The van der Waals surface area contributed by atoms with Crippen LogP contribution in [0.2, 0.25) is 0 Å². The number of nitrogens with two attached hydrogens (primary N) is 1. The Balaban J connectivity index is 0.000000191. The predicted molar refractivity (Wildman–Crippen MR) is 123 cm³/mol. The Morgan fingerprint density at radius 2 is 1.71 bits per heavy atom. The number of amides is 2. The topological polar surface area (TPSA) is 123 Å². The van der Waals surface area contributed by atoms with Gasteiger partial charge in [0.05, 0.1) is 12.1 Å². The van der Waals surface area contributed by atoms with Crippen molar-refractivity contribution in [2.75, 3.05) is 26.2 Å². The molecule has 0 radical (unpaired) electrons. The number of carboxylic acid groups (broad SMARTS) is 1. The number of hydrogen-bond acceptors (Lipinski definition) is 5. The fourth-order valence-corrected chi connectivity index (χ4v) is 5.08. The van der Waals surface area contributed by atoms with Crippen molar-refractivity contribution in [2.45, 2.75) is 101 Å². The number of hydrogen-bond donors (Lipinski definition) is 3. The molecule has 0 aromatic carbocycles. The molecule has 0 bridgehead atoms. The summed E-state index contributed by atoms with van der Waals surface area (Å²) in [7, 11) is 0. The highest BCUT2D eigenvalue weighted by atomic mass is 19.3. The van der Waals surface area contributed by atoms with Gasteiger partial charge in [0.1, 0.15) is 5.54 Å². The van der Waals surface area contributed by atoms with E-state index < -0.39 is 35.9 Å². The van der Waals surface area contributed by atoms with E-state index in [0.29, 0.717) is 24.7 Å². The number of nitrogens with zero attached hydrogens (tertiary/aromatic N) is 3. The molecular weight excluding hydrogens is 444 g/mol. The van der Waals surface area contributed by atoms with E-state index in [9.17, 15) is 18.4 Å². The minimum atomic E-state index is -2.92. The van der Waals surface area contributed by atoms with Crippen LogP contribution in [0.3, 0.4) is 0 Å². The smallest absolute Gasteiger partial charge is 0.407 e. The lowest BCUT2D eigenvalue weighted by molar-refractivity contribution is -0.125. The number of rotatable bonds is 7. The Kier molecular flexibility index (Phi) is 8.40. The molecule has 4 rings (SSSR count). The summed E-state index contributed by atoms with van der Waals surface area (Å²) in [6.07, 6.45) is 7.31. The summed E-state index contributed by atoms with van der Waals surface area (Å²) in [6.45, 7) is 5.64. The van der Waals surface area contributed by atoms with Crippen LogP contribution in [0, 0.1) is 16.7 Å². The van der Waals surface area contributed by atoms with E-state index in [1.165, 1.54) is 38.8 Å². The van der Waals surface area contributed by atoms with E-state index in [1.54, 1.807) is 11.8 Å². The minimum Gasteiger partial charge on any atom is -0.465 e. The van der Waals surface area contributed by atoms with Crippen LogP contribution < -0.4 is 11.1 Å². The summed E-state index contributed by atoms with van der Waals surface area (Å²) >= 11 is 0. The zero-order valence-electron chi connectivity index (χ0n) is 20.2. The highest BCUT2D eigenvalue weighted by Crippen LogP contribution is 2.43. The van der Waals surface area contributed by atoms with Gasteiger partial charge in [-0.2, -0.15) is 5.26 Å². The number of halogens is 2. The Hall–Kier alpha value is -1.99. The largest absolute Gasteiger partial charge is 0.465 e. The van der Waals surface area contributed by atoms with Crippen LogP contribution in [0.4, 0.5) is 13.6 Å². The summed E-state index contributed by atoms with van der Waals surface area (Å²) in [4.78, 5) is 26.6. The van der Waals surface area contributed by atoms with Gasteiger partial charge in [0, 0.05) is 32.0 Å². The predicted octanol–water partition coefficient (Wildman–Crippen LogP) is 3.32. The zero-order valence-corrected chi connectivity index (χ0v) is 20.2. The van der Waals surface area contributed by atoms with Gasteiger partial charge < -0.3 is 26.0 Å². The van der Waals surface area contributed by atoms with Gasteiger partial charge >= 0.3 is 6.09 Å². The molecule has 34 heavy (non-hydrogen) atoms. The number of nitriles is 1. The Bertz CT molecular complexity index is 761. The number of carbonyl (C=O) groups is 2. The van der Waals surface area contributed by atoms with Crippen LogP contribution in [0.25, 0.3) is 0 Å². The van der Waals surface area contributed by atoms with Gasteiger partial charge in [-0.3, -0.25) is 4.79 Å². The highest BCUT2D eigenvalue weighted by molar-refractivity contribution is 5.83. The molecule has 1 atom stereocenters. The molecule has 2 aliphatic heterocycles. The molecule has 8 nitrogen and oxygen atoms in total. The molecule has 2 saturated heterocycles. The molecule has 0 unspecified atom stereocenters. The van der Waals surface area contributed by atoms with E-state index >= 15 is 0 Å². The maximum Gasteiger partial charge on any atom is 0.407 e. The molecule has 0 aromatic heterocycles. The second-order valence-electron chi connectivity index (χ2n) is 10.6. The van der Waals surface area contributed by atoms with Crippen LogP contribution in [0.5, 0.6) is 0 Å². The molecule has 2 aliphatic carbocycles. The summed E-state index contributed by atoms with van der Waals surface area (Å²) in [5.41, 5.74) is 5.04. The van der Waals surface area contributed by atoms with Crippen molar-refractivity contribution < 1.29 is 23.5 Å². The molecule has 2 heterocycles. The second-order valence-corrected chi connectivity index (χ2v) is 10.6. The van der Waals surface area contributed by atoms with E-state index in [1.807, 2.05) is 6.07 Å². The third-order valence-corrected chi connectivity index (χ3v) is 7.81. The Labute approximate surface area is 200 Å². The Morgan fingerprint density at radius 1 is 1.15 bits per heavy atom. The molecule has 10 heteroatoms. The van der Waals surface area contributed by atoms with Crippen molar-refractivity contribution in [2.24, 2.45) is 11.1 Å². The van der Waals surface area contributed by atoms with Crippen LogP contribution in [-0.2, 0) is 4.79 Å². The van der Waals surface area contributed by atoms with Crippen LogP contribution in [-0.4, -0.2) is 76.6 Å². The maximum absolute atomic E-state index is 13.2. The third-order valence-electron chi connectivity index (χ3n) is 7.81. The average molecular weight is 484 g/mol. The molecule has 4 aliphatic rings. The number of likely N-dealkylation sites (tertiary alicyclic amines) is 2. The molecule has 192 valence electrons. The quantitative estimate of drug-likeness (QED) is 0.511. The van der Waals surface area contributed by atoms with Crippen molar-refractivity contribution in [3.05, 3.63) is 0 Å². The molecular formula is C24H39F2N5O3. The lowest BCUT2D eigenvalue weighted by atomic mass is 9.71. The van der Waals surface area contributed by atoms with Gasteiger partial charge in [-0.15, -0.1) is 0 Å². The van der Waals surface area contributed by atoms with Crippen LogP contribution >= 0.6 is 0 Å².